The van der Waals surface area contributed by atoms with Crippen molar-refractivity contribution in [3.05, 3.63) is 11.6 Å². The molecule has 0 spiro atoms. The zero-order chi connectivity index (χ0) is 46.9. The number of carboxylic acid groups (broad SMARTS) is 1. The fourth-order valence-electron chi connectivity index (χ4n) is 14.7. The first-order valence-electron chi connectivity index (χ1n) is 23.6. The highest BCUT2D eigenvalue weighted by molar-refractivity contribution is 5.79. The van der Waals surface area contributed by atoms with Crippen LogP contribution in [0.5, 0.6) is 0 Å². The Labute approximate surface area is 375 Å². The predicted octanol–water partition coefficient (Wildman–Crippen LogP) is 1.90. The van der Waals surface area contributed by atoms with Crippen LogP contribution in [0.3, 0.4) is 0 Å². The first-order valence-corrected chi connectivity index (χ1v) is 23.6. The summed E-state index contributed by atoms with van der Waals surface area (Å²) in [4.78, 5) is 26.9. The Hall–Kier alpha value is -1.84. The third kappa shape index (κ3) is 7.45. The highest BCUT2D eigenvalue weighted by atomic mass is 16.8. The van der Waals surface area contributed by atoms with Crippen molar-refractivity contribution in [2.45, 2.75) is 212 Å². The van der Waals surface area contributed by atoms with Crippen molar-refractivity contribution in [2.24, 2.45) is 50.2 Å². The summed E-state index contributed by atoms with van der Waals surface area (Å²) >= 11 is 0. The molecule has 0 amide bonds. The number of carboxylic acids is 1. The van der Waals surface area contributed by atoms with Crippen LogP contribution in [0.1, 0.15) is 120 Å². The molecule has 364 valence electrons. The molecule has 8 aliphatic rings. The number of ether oxygens (including phenoxy) is 6. The minimum absolute atomic E-state index is 0.0740. The molecule has 0 aromatic carbocycles. The van der Waals surface area contributed by atoms with Crippen molar-refractivity contribution in [1.82, 2.24) is 0 Å². The van der Waals surface area contributed by atoms with Gasteiger partial charge in [-0.15, -0.1) is 0 Å². The second-order valence-corrected chi connectivity index (χ2v) is 23.0. The maximum Gasteiger partial charge on any atom is 0.335 e. The zero-order valence-corrected chi connectivity index (χ0v) is 38.5. The van der Waals surface area contributed by atoms with E-state index < -0.39 is 115 Å². The monoisotopic (exact) mass is 910 g/mol. The zero-order valence-electron chi connectivity index (χ0n) is 38.5. The van der Waals surface area contributed by atoms with Gasteiger partial charge in [0.1, 0.15) is 48.8 Å². The van der Waals surface area contributed by atoms with Crippen LogP contribution in [0, 0.1) is 50.2 Å². The van der Waals surface area contributed by atoms with Gasteiger partial charge in [0, 0.05) is 0 Å². The Balaban J connectivity index is 1.05. The van der Waals surface area contributed by atoms with Gasteiger partial charge in [-0.2, -0.15) is 0 Å². The molecular weight excluding hydrogens is 836 g/mol. The van der Waals surface area contributed by atoms with Crippen LogP contribution in [0.25, 0.3) is 0 Å². The Bertz CT molecular complexity index is 1810. The molecule has 64 heavy (non-hydrogen) atoms. The van der Waals surface area contributed by atoms with Crippen LogP contribution >= 0.6 is 0 Å². The number of esters is 1. The number of rotatable bonds is 7. The molecule has 9 N–H and O–H groups in total. The molecule has 8 rings (SSSR count). The minimum atomic E-state index is -1.80. The molecule has 3 saturated heterocycles. The third-order valence-electron chi connectivity index (χ3n) is 18.8. The average Bonchev–Trinajstić information content (AvgIpc) is 3.22. The van der Waals surface area contributed by atoms with Gasteiger partial charge in [0.05, 0.1) is 24.2 Å². The molecule has 3 aliphatic heterocycles. The van der Waals surface area contributed by atoms with E-state index in [0.717, 1.165) is 44.9 Å². The third-order valence-corrected chi connectivity index (χ3v) is 18.8. The molecule has 22 unspecified atom stereocenters. The summed E-state index contributed by atoms with van der Waals surface area (Å²) < 4.78 is 35.7. The first-order chi connectivity index (χ1) is 29.7. The lowest BCUT2D eigenvalue weighted by Gasteiger charge is -2.71. The molecule has 5 aliphatic carbocycles. The number of aliphatic hydroxyl groups is 8. The number of fused-ring (bicyclic) bond motifs is 7. The largest absolute Gasteiger partial charge is 0.479 e. The Morgan fingerprint density at radius 2 is 1.33 bits per heavy atom. The van der Waals surface area contributed by atoms with E-state index in [2.05, 4.69) is 54.5 Å². The summed E-state index contributed by atoms with van der Waals surface area (Å²) in [6.07, 6.45) is -12.0. The maximum absolute atomic E-state index is 15.0. The molecule has 4 saturated carbocycles. The van der Waals surface area contributed by atoms with Gasteiger partial charge in [0.2, 0.25) is 6.29 Å². The number of hydrogen-bond donors (Lipinski definition) is 9. The van der Waals surface area contributed by atoms with E-state index in [1.165, 1.54) is 12.5 Å². The van der Waals surface area contributed by atoms with E-state index in [1.807, 2.05) is 0 Å². The SMILES string of the molecule is CC1OC(OC2C(OC(=O)C34CCC(C)(C)CC3C3=CCC5C6(C)CCC(OC7OC(C(=O)O)C(O)C(O)C7O)C(C)(C)C6CCC5(C)C3(C)CC4)OCC(O)C2O)C(O)C(O)C1O. The molecule has 0 aromatic rings. The van der Waals surface area contributed by atoms with Crippen molar-refractivity contribution in [3.8, 4) is 0 Å². The molecule has 7 fully saturated rings. The Morgan fingerprint density at radius 1 is 0.688 bits per heavy atom. The molecule has 0 radical (unpaired) electrons. The van der Waals surface area contributed by atoms with Crippen molar-refractivity contribution in [2.75, 3.05) is 6.61 Å². The summed E-state index contributed by atoms with van der Waals surface area (Å²) in [5, 5.41) is 94.5. The summed E-state index contributed by atoms with van der Waals surface area (Å²) in [5.41, 5.74) is -0.692. The molecule has 3 heterocycles. The smallest absolute Gasteiger partial charge is 0.335 e. The van der Waals surface area contributed by atoms with Crippen molar-refractivity contribution in [3.63, 3.8) is 0 Å². The lowest BCUT2D eigenvalue weighted by Crippen LogP contribution is -2.66. The second-order valence-electron chi connectivity index (χ2n) is 23.0. The van der Waals surface area contributed by atoms with E-state index in [9.17, 15) is 50.8 Å². The fraction of sp³-hybridized carbons (Fsp3) is 0.915. The topological polar surface area (TPSA) is 272 Å². The van der Waals surface area contributed by atoms with E-state index >= 15 is 4.79 Å². The van der Waals surface area contributed by atoms with Crippen molar-refractivity contribution in [1.29, 1.82) is 0 Å². The number of aliphatic carboxylic acids is 1. The van der Waals surface area contributed by atoms with E-state index in [1.54, 1.807) is 0 Å². The standard InChI is InChI=1S/C47H74O17/c1-21-28(49)30(51)33(54)38(60-21)63-36-29(50)24(48)20-59-40(36)64-41(58)47-17-15-42(2,3)19-23(47)22-9-10-26-44(6)13-12-27(61-39-34(55)31(52)32(53)35(62-39)37(56)57)43(4,5)25(44)11-14-46(26,8)45(22,7)16-18-47/h9,21,23-36,38-40,48-55H,10-20H2,1-8H3,(H,56,57). The van der Waals surface area contributed by atoms with Crippen molar-refractivity contribution >= 4 is 11.9 Å². The number of carbonyl (C=O) groups excluding carboxylic acids is 1. The number of aliphatic hydroxyl groups excluding tert-OH is 8. The van der Waals surface area contributed by atoms with Crippen LogP contribution < -0.4 is 0 Å². The lowest BCUT2D eigenvalue weighted by atomic mass is 9.33. The average molecular weight is 911 g/mol. The van der Waals surface area contributed by atoms with Crippen LogP contribution in [-0.4, -0.2) is 157 Å². The molecule has 22 atom stereocenters. The number of hydrogen-bond acceptors (Lipinski definition) is 16. The quantitative estimate of drug-likeness (QED) is 0.100. The summed E-state index contributed by atoms with van der Waals surface area (Å²) in [6, 6.07) is 0. The molecule has 17 nitrogen and oxygen atoms in total. The second kappa shape index (κ2) is 16.7. The normalized spacial score (nSPS) is 53.3. The summed E-state index contributed by atoms with van der Waals surface area (Å²) in [5.74, 6) is -1.63. The molecule has 0 bridgehead atoms. The minimum Gasteiger partial charge on any atom is -0.479 e. The van der Waals surface area contributed by atoms with Crippen molar-refractivity contribution < 1.29 is 84.0 Å². The first kappa shape index (κ1) is 48.6. The fourth-order valence-corrected chi connectivity index (χ4v) is 14.7. The van der Waals surface area contributed by atoms with Gasteiger partial charge in [-0.1, -0.05) is 60.1 Å². The Morgan fingerprint density at radius 3 is 2.00 bits per heavy atom. The highest BCUT2D eigenvalue weighted by Gasteiger charge is 2.70. The molecule has 0 aromatic heterocycles. The maximum atomic E-state index is 15.0. The van der Waals surface area contributed by atoms with Gasteiger partial charge in [0.25, 0.3) is 0 Å². The predicted molar refractivity (Wildman–Crippen MR) is 223 cm³/mol. The van der Waals surface area contributed by atoms with Crippen LogP contribution in [0.4, 0.5) is 0 Å². The van der Waals surface area contributed by atoms with Gasteiger partial charge in [0.15, 0.2) is 24.8 Å². The van der Waals surface area contributed by atoms with E-state index in [4.69, 9.17) is 28.4 Å². The van der Waals surface area contributed by atoms with Gasteiger partial charge in [-0.25, -0.2) is 4.79 Å². The Kier molecular flexibility index (Phi) is 12.7. The van der Waals surface area contributed by atoms with Crippen LogP contribution in [0.15, 0.2) is 11.6 Å². The van der Waals surface area contributed by atoms with Crippen LogP contribution in [0.2, 0.25) is 0 Å². The van der Waals surface area contributed by atoms with E-state index in [0.29, 0.717) is 19.3 Å². The molecular formula is C47H74O17. The molecule has 17 heteroatoms. The summed E-state index contributed by atoms with van der Waals surface area (Å²) in [6.45, 7) is 17.2. The lowest BCUT2D eigenvalue weighted by molar-refractivity contribution is -0.350. The van der Waals surface area contributed by atoms with Gasteiger partial charge < -0.3 is 74.4 Å². The number of allylic oxidation sites excluding steroid dienone is 2. The van der Waals surface area contributed by atoms with Gasteiger partial charge >= 0.3 is 11.9 Å². The highest BCUT2D eigenvalue weighted by Crippen LogP contribution is 2.76. The summed E-state index contributed by atoms with van der Waals surface area (Å²) in [7, 11) is 0. The van der Waals surface area contributed by atoms with Gasteiger partial charge in [-0.3, -0.25) is 4.79 Å². The number of carbonyl (C=O) groups is 2. The van der Waals surface area contributed by atoms with Crippen LogP contribution in [-0.2, 0) is 38.0 Å². The van der Waals surface area contributed by atoms with Gasteiger partial charge in [-0.05, 0) is 116 Å². The van der Waals surface area contributed by atoms with E-state index in [-0.39, 0.29) is 46.0 Å².